The van der Waals surface area contributed by atoms with Crippen molar-refractivity contribution in [3.63, 3.8) is 0 Å². The summed E-state index contributed by atoms with van der Waals surface area (Å²) in [7, 11) is 0. The quantitative estimate of drug-likeness (QED) is 0.572. The predicted molar refractivity (Wildman–Crippen MR) is 98.5 cm³/mol. The van der Waals surface area contributed by atoms with Gasteiger partial charge in [-0.15, -0.1) is 0 Å². The van der Waals surface area contributed by atoms with E-state index in [-0.39, 0.29) is 16.6 Å². The molecule has 1 aromatic heterocycles. The summed E-state index contributed by atoms with van der Waals surface area (Å²) in [6.45, 7) is 3.98. The van der Waals surface area contributed by atoms with Gasteiger partial charge in [-0.1, -0.05) is 17.7 Å². The lowest BCUT2D eigenvalue weighted by atomic mass is 10.1. The van der Waals surface area contributed by atoms with E-state index in [4.69, 9.17) is 11.6 Å². The molecule has 0 radical (unpaired) electrons. The van der Waals surface area contributed by atoms with Gasteiger partial charge in [0.1, 0.15) is 0 Å². The highest BCUT2D eigenvalue weighted by molar-refractivity contribution is 6.31. The maximum atomic E-state index is 12.8. The van der Waals surface area contributed by atoms with Crippen LogP contribution in [0.3, 0.4) is 0 Å². The minimum absolute atomic E-state index is 0.0524. The van der Waals surface area contributed by atoms with Crippen LogP contribution >= 0.6 is 11.6 Å². The number of carboxylic acid groups (broad SMARTS) is 1. The number of carbonyl (C=O) groups is 1. The van der Waals surface area contributed by atoms with E-state index in [9.17, 15) is 23.1 Å². The first-order chi connectivity index (χ1) is 12.6. The summed E-state index contributed by atoms with van der Waals surface area (Å²) in [5, 5.41) is 9.99. The molecule has 0 unspecified atom stereocenters. The zero-order valence-corrected chi connectivity index (χ0v) is 15.4. The number of nitrogens with zero attached hydrogens (tertiary/aromatic N) is 1. The lowest BCUT2D eigenvalue weighted by Crippen LogP contribution is -2.08. The van der Waals surface area contributed by atoms with Gasteiger partial charge in [0, 0.05) is 34.1 Å². The number of fused-ring (bicyclic) bond motifs is 1. The number of aromatic carboxylic acids is 1. The molecule has 0 aliphatic carbocycles. The molecule has 1 heterocycles. The fourth-order valence-electron chi connectivity index (χ4n) is 3.23. The zero-order valence-electron chi connectivity index (χ0n) is 14.6. The first kappa shape index (κ1) is 19.3. The molecule has 7 heteroatoms. The molecule has 27 heavy (non-hydrogen) atoms. The molecule has 0 saturated carbocycles. The third kappa shape index (κ3) is 3.81. The van der Waals surface area contributed by atoms with Gasteiger partial charge in [0.25, 0.3) is 0 Å². The number of rotatable bonds is 4. The fourth-order valence-corrected chi connectivity index (χ4v) is 3.48. The van der Waals surface area contributed by atoms with Gasteiger partial charge in [-0.3, -0.25) is 0 Å². The number of aromatic nitrogens is 1. The Hall–Kier alpha value is -2.47. The molecule has 142 valence electrons. The first-order valence-electron chi connectivity index (χ1n) is 8.30. The zero-order chi connectivity index (χ0) is 19.9. The van der Waals surface area contributed by atoms with Gasteiger partial charge in [0.05, 0.1) is 11.1 Å². The van der Waals surface area contributed by atoms with Crippen LogP contribution < -0.4 is 0 Å². The van der Waals surface area contributed by atoms with Crippen molar-refractivity contribution in [1.82, 2.24) is 4.57 Å². The minimum Gasteiger partial charge on any atom is -0.478 e. The van der Waals surface area contributed by atoms with Crippen LogP contribution in [0.4, 0.5) is 13.2 Å². The predicted octanol–water partition coefficient (Wildman–Crippen LogP) is 6.18. The van der Waals surface area contributed by atoms with Crippen LogP contribution in [0, 0.1) is 0 Å². The molecule has 0 saturated heterocycles. The molecule has 0 aliphatic heterocycles. The monoisotopic (exact) mass is 395 g/mol. The third-order valence-corrected chi connectivity index (χ3v) is 4.79. The summed E-state index contributed by atoms with van der Waals surface area (Å²) in [4.78, 5) is 11.2. The number of alkyl halides is 3. The Bertz CT molecular complexity index is 1020. The van der Waals surface area contributed by atoms with Crippen LogP contribution in [0.1, 0.15) is 47.1 Å². The Kier molecular flexibility index (Phi) is 4.95. The van der Waals surface area contributed by atoms with Crippen molar-refractivity contribution in [3.05, 3.63) is 69.9 Å². The van der Waals surface area contributed by atoms with E-state index in [0.717, 1.165) is 28.7 Å². The Morgan fingerprint density at radius 2 is 1.85 bits per heavy atom. The third-order valence-electron chi connectivity index (χ3n) is 4.43. The molecule has 0 amide bonds. The van der Waals surface area contributed by atoms with E-state index in [1.54, 1.807) is 18.2 Å². The number of carboxylic acids is 1. The van der Waals surface area contributed by atoms with Gasteiger partial charge >= 0.3 is 12.1 Å². The minimum atomic E-state index is -4.44. The highest BCUT2D eigenvalue weighted by atomic mass is 35.5. The van der Waals surface area contributed by atoms with Crippen LogP contribution in [0.5, 0.6) is 0 Å². The Balaban J connectivity index is 2.06. The van der Waals surface area contributed by atoms with Crippen molar-refractivity contribution in [2.75, 3.05) is 0 Å². The first-order valence-corrected chi connectivity index (χ1v) is 8.68. The second-order valence-electron chi connectivity index (χ2n) is 6.66. The summed E-state index contributed by atoms with van der Waals surface area (Å²) in [5.41, 5.74) is 1.69. The number of benzene rings is 2. The van der Waals surface area contributed by atoms with Crippen molar-refractivity contribution in [2.24, 2.45) is 0 Å². The van der Waals surface area contributed by atoms with Crippen molar-refractivity contribution in [1.29, 1.82) is 0 Å². The molecule has 3 rings (SSSR count). The van der Waals surface area contributed by atoms with E-state index < -0.39 is 17.7 Å². The SMILES string of the molecule is CC(C)n1c(Cc2ccc(C(F)(F)F)cc2Cl)cc2cc(C(=O)O)ccc21. The molecule has 2 aromatic carbocycles. The average molecular weight is 396 g/mol. The maximum Gasteiger partial charge on any atom is 0.416 e. The Labute approximate surface area is 159 Å². The van der Waals surface area contributed by atoms with Crippen LogP contribution in [0.15, 0.2) is 42.5 Å². The average Bonchev–Trinajstić information content (AvgIpc) is 2.92. The van der Waals surface area contributed by atoms with Crippen LogP contribution in [0.25, 0.3) is 10.9 Å². The normalized spacial score (nSPS) is 12.1. The van der Waals surface area contributed by atoms with Gasteiger partial charge < -0.3 is 9.67 Å². The molecule has 3 aromatic rings. The molecule has 0 aliphatic rings. The van der Waals surface area contributed by atoms with Gasteiger partial charge in [0.15, 0.2) is 0 Å². The Morgan fingerprint density at radius 1 is 1.15 bits per heavy atom. The second-order valence-corrected chi connectivity index (χ2v) is 7.07. The number of hydrogen-bond acceptors (Lipinski definition) is 1. The van der Waals surface area contributed by atoms with Crippen molar-refractivity contribution < 1.29 is 23.1 Å². The summed E-state index contributed by atoms with van der Waals surface area (Å²) < 4.78 is 40.5. The highest BCUT2D eigenvalue weighted by Gasteiger charge is 2.31. The maximum absolute atomic E-state index is 12.8. The van der Waals surface area contributed by atoms with Crippen LogP contribution in [0.2, 0.25) is 5.02 Å². The van der Waals surface area contributed by atoms with E-state index in [2.05, 4.69) is 0 Å². The van der Waals surface area contributed by atoms with E-state index >= 15 is 0 Å². The van der Waals surface area contributed by atoms with Crippen molar-refractivity contribution >= 4 is 28.5 Å². The number of halogens is 4. The van der Waals surface area contributed by atoms with Gasteiger partial charge in [-0.05, 0) is 55.8 Å². The van der Waals surface area contributed by atoms with E-state index in [0.29, 0.717) is 12.0 Å². The second kappa shape index (κ2) is 6.93. The molecule has 0 bridgehead atoms. The largest absolute Gasteiger partial charge is 0.478 e. The molecule has 0 fully saturated rings. The standard InChI is InChI=1S/C20H17ClF3NO2/c1-11(2)25-16(9-14-7-13(19(26)27)4-6-18(14)25)8-12-3-5-15(10-17(12)21)20(22,23)24/h3-7,9-11H,8H2,1-2H3,(H,26,27). The van der Waals surface area contributed by atoms with Crippen LogP contribution in [-0.4, -0.2) is 15.6 Å². The van der Waals surface area contributed by atoms with E-state index in [1.165, 1.54) is 6.07 Å². The van der Waals surface area contributed by atoms with Gasteiger partial charge in [-0.25, -0.2) is 4.79 Å². The van der Waals surface area contributed by atoms with E-state index in [1.807, 2.05) is 24.5 Å². The lowest BCUT2D eigenvalue weighted by molar-refractivity contribution is -0.137. The molecule has 3 nitrogen and oxygen atoms in total. The van der Waals surface area contributed by atoms with Crippen LogP contribution in [-0.2, 0) is 12.6 Å². The lowest BCUT2D eigenvalue weighted by Gasteiger charge is -2.16. The highest BCUT2D eigenvalue weighted by Crippen LogP contribution is 2.34. The molecular weight excluding hydrogens is 379 g/mol. The van der Waals surface area contributed by atoms with Gasteiger partial charge in [-0.2, -0.15) is 13.2 Å². The fraction of sp³-hybridized carbons (Fsp3) is 0.250. The number of hydrogen-bond donors (Lipinski definition) is 1. The summed E-state index contributed by atoms with van der Waals surface area (Å²) in [5.74, 6) is -1.01. The Morgan fingerprint density at radius 3 is 2.41 bits per heavy atom. The topological polar surface area (TPSA) is 42.2 Å². The molecular formula is C20H17ClF3NO2. The summed E-state index contributed by atoms with van der Waals surface area (Å²) in [6.07, 6.45) is -4.10. The van der Waals surface area contributed by atoms with Crippen molar-refractivity contribution in [3.8, 4) is 0 Å². The summed E-state index contributed by atoms with van der Waals surface area (Å²) in [6, 6.07) is 10.2. The van der Waals surface area contributed by atoms with Gasteiger partial charge in [0.2, 0.25) is 0 Å². The summed E-state index contributed by atoms with van der Waals surface area (Å²) >= 11 is 6.10. The smallest absolute Gasteiger partial charge is 0.416 e. The van der Waals surface area contributed by atoms with Crippen molar-refractivity contribution in [2.45, 2.75) is 32.5 Å². The molecule has 1 N–H and O–H groups in total. The molecule has 0 atom stereocenters. The molecule has 0 spiro atoms.